The predicted molar refractivity (Wildman–Crippen MR) is 230 cm³/mol. The summed E-state index contributed by atoms with van der Waals surface area (Å²) in [6.07, 6.45) is 0.575. The standard InChI is InChI=1S/C52H42N4O/c57-36-35-46-38-31-33-45(34-32-38)55-49-47(46)37-48(54-51(39-19-7-1-8-20-39,40-21-9-2-10-22-40)41-23-11-3-12-24-41)53-50(49)56(55)52(42-25-13-4-14-26-42,43-27-15-5-16-28-43)44-29-17-6-18-30-44/h1-34,37,46,57H,35-36H2,(H,53,54)/t46-/m1/s1. The molecule has 1 atom stereocenters. The van der Waals surface area contributed by atoms with E-state index >= 15 is 0 Å². The fourth-order valence-electron chi connectivity index (χ4n) is 9.30. The number of pyridine rings is 1. The molecule has 9 aromatic rings. The fourth-order valence-corrected chi connectivity index (χ4v) is 9.30. The topological polar surface area (TPSA) is 55.0 Å². The average molecular weight is 739 g/mol. The smallest absolute Gasteiger partial charge is 0.177 e. The third-order valence-corrected chi connectivity index (χ3v) is 11.8. The first-order valence-corrected chi connectivity index (χ1v) is 19.7. The molecule has 5 heteroatoms. The molecule has 2 aliphatic rings. The van der Waals surface area contributed by atoms with Crippen LogP contribution in [0.5, 0.6) is 0 Å². The highest BCUT2D eigenvalue weighted by molar-refractivity contribution is 5.86. The Hall–Kier alpha value is -6.95. The number of nitrogens with one attached hydrogen (secondary N) is 1. The predicted octanol–water partition coefficient (Wildman–Crippen LogP) is 10.9. The minimum atomic E-state index is -0.820. The molecule has 0 radical (unpaired) electrons. The third-order valence-electron chi connectivity index (χ3n) is 11.8. The molecule has 7 aromatic carbocycles. The van der Waals surface area contributed by atoms with Crippen molar-refractivity contribution in [3.05, 3.63) is 257 Å². The molecule has 0 unspecified atom stereocenters. The lowest BCUT2D eigenvalue weighted by atomic mass is 9.76. The fraction of sp³-hybridized carbons (Fsp3) is 0.0962. The van der Waals surface area contributed by atoms with Crippen LogP contribution >= 0.6 is 0 Å². The molecule has 0 amide bonds. The van der Waals surface area contributed by atoms with Crippen LogP contribution in [0.3, 0.4) is 0 Å². The number of aromatic nitrogens is 3. The Bertz CT molecular complexity index is 2550. The van der Waals surface area contributed by atoms with Gasteiger partial charge in [0.1, 0.15) is 22.4 Å². The van der Waals surface area contributed by atoms with E-state index in [4.69, 9.17) is 4.98 Å². The van der Waals surface area contributed by atoms with Crippen LogP contribution < -0.4 is 5.32 Å². The van der Waals surface area contributed by atoms with Gasteiger partial charge in [0.15, 0.2) is 5.65 Å². The number of anilines is 1. The highest BCUT2D eigenvalue weighted by Crippen LogP contribution is 2.49. The second-order valence-corrected chi connectivity index (χ2v) is 14.8. The third kappa shape index (κ3) is 5.46. The maximum atomic E-state index is 10.6. The minimum absolute atomic E-state index is 0.0555. The molecule has 0 saturated heterocycles. The SMILES string of the molecule is OCC[C@@H]1c2ccc(cc2)-n2c3c1cc(NC(c1ccccc1)(c1ccccc1)c1ccccc1)nc3n2C(c1ccccc1)(c1ccccc1)c1ccccc1. The number of rotatable bonds is 11. The lowest BCUT2D eigenvalue weighted by Gasteiger charge is -2.45. The van der Waals surface area contributed by atoms with Crippen LogP contribution in [0.1, 0.15) is 56.8 Å². The number of hydrogen-bond donors (Lipinski definition) is 2. The quantitative estimate of drug-likeness (QED) is 0.130. The van der Waals surface area contributed by atoms with E-state index in [1.54, 1.807) is 0 Å². The summed E-state index contributed by atoms with van der Waals surface area (Å²) in [6.45, 7) is 0.0555. The molecular weight excluding hydrogens is 697 g/mol. The van der Waals surface area contributed by atoms with Crippen LogP contribution in [0, 0.1) is 0 Å². The number of aliphatic hydroxyl groups excluding tert-OH is 1. The molecule has 0 spiro atoms. The van der Waals surface area contributed by atoms with E-state index in [1.807, 2.05) is 0 Å². The van der Waals surface area contributed by atoms with Gasteiger partial charge in [-0.3, -0.25) is 0 Å². The Kier molecular flexibility index (Phi) is 8.65. The van der Waals surface area contributed by atoms with Gasteiger partial charge in [-0.2, -0.15) is 0 Å². The number of fused-ring (bicyclic) bond motifs is 2. The number of benzene rings is 7. The van der Waals surface area contributed by atoms with Gasteiger partial charge in [0.05, 0.1) is 5.69 Å². The van der Waals surface area contributed by atoms with Crippen LogP contribution in [0.4, 0.5) is 5.82 Å². The van der Waals surface area contributed by atoms with Crippen molar-refractivity contribution in [2.24, 2.45) is 0 Å². The van der Waals surface area contributed by atoms with Crippen molar-refractivity contribution in [1.29, 1.82) is 0 Å². The summed E-state index contributed by atoms with van der Waals surface area (Å²) in [7, 11) is 0. The molecule has 276 valence electrons. The van der Waals surface area contributed by atoms with E-state index in [-0.39, 0.29) is 12.5 Å². The number of aliphatic hydroxyl groups is 1. The minimum Gasteiger partial charge on any atom is -0.396 e. The van der Waals surface area contributed by atoms with Gasteiger partial charge in [-0.05, 0) is 69.1 Å². The van der Waals surface area contributed by atoms with E-state index in [1.165, 1.54) is 5.56 Å². The molecule has 0 fully saturated rings. The second kappa shape index (κ2) is 14.3. The summed E-state index contributed by atoms with van der Waals surface area (Å²) in [5.41, 5.74) is 10.3. The van der Waals surface area contributed by atoms with E-state index in [2.05, 4.69) is 227 Å². The Morgan fingerprint density at radius 2 is 0.912 bits per heavy atom. The molecule has 0 saturated carbocycles. The monoisotopic (exact) mass is 738 g/mol. The normalized spacial score (nSPS) is 13.7. The summed E-state index contributed by atoms with van der Waals surface area (Å²) in [5, 5.41) is 14.7. The van der Waals surface area contributed by atoms with Gasteiger partial charge in [-0.25, -0.2) is 14.3 Å². The summed E-state index contributed by atoms with van der Waals surface area (Å²) < 4.78 is 4.77. The molecule has 0 aliphatic carbocycles. The van der Waals surface area contributed by atoms with Crippen molar-refractivity contribution in [3.8, 4) is 5.69 Å². The van der Waals surface area contributed by atoms with Gasteiger partial charge < -0.3 is 10.4 Å². The van der Waals surface area contributed by atoms with Crippen molar-refractivity contribution in [2.45, 2.75) is 23.4 Å². The van der Waals surface area contributed by atoms with Crippen molar-refractivity contribution >= 4 is 17.0 Å². The van der Waals surface area contributed by atoms with Crippen LogP contribution in [0.25, 0.3) is 16.9 Å². The molecular formula is C52H42N4O. The summed E-state index contributed by atoms with van der Waals surface area (Å²) >= 11 is 0. The zero-order valence-electron chi connectivity index (χ0n) is 31.5. The molecule has 2 aliphatic heterocycles. The van der Waals surface area contributed by atoms with Gasteiger partial charge in [-0.15, -0.1) is 0 Å². The van der Waals surface area contributed by atoms with Crippen LogP contribution in [-0.2, 0) is 11.1 Å². The first-order chi connectivity index (χ1) is 28.2. The van der Waals surface area contributed by atoms with Crippen molar-refractivity contribution in [2.75, 3.05) is 11.9 Å². The lowest BCUT2D eigenvalue weighted by Crippen LogP contribution is -2.46. The summed E-state index contributed by atoms with van der Waals surface area (Å²) in [4.78, 5) is 5.73. The Morgan fingerprint density at radius 1 is 0.509 bits per heavy atom. The van der Waals surface area contributed by atoms with Crippen LogP contribution in [0.2, 0.25) is 0 Å². The Balaban J connectivity index is 1.34. The molecule has 5 nitrogen and oxygen atoms in total. The summed E-state index contributed by atoms with van der Waals surface area (Å²) in [5.74, 6) is 0.677. The first-order valence-electron chi connectivity index (χ1n) is 19.7. The molecule has 4 heterocycles. The zero-order valence-corrected chi connectivity index (χ0v) is 31.5. The summed E-state index contributed by atoms with van der Waals surface area (Å²) in [6, 6.07) is 75.5. The molecule has 2 N–H and O–H groups in total. The van der Waals surface area contributed by atoms with Gasteiger partial charge >= 0.3 is 0 Å². The van der Waals surface area contributed by atoms with Crippen LogP contribution in [-0.4, -0.2) is 26.1 Å². The zero-order chi connectivity index (χ0) is 38.2. The van der Waals surface area contributed by atoms with E-state index < -0.39 is 11.1 Å². The van der Waals surface area contributed by atoms with E-state index in [0.717, 1.165) is 61.6 Å². The lowest BCUT2D eigenvalue weighted by molar-refractivity contribution is 0.281. The average Bonchev–Trinajstić information content (AvgIpc) is 3.28. The van der Waals surface area contributed by atoms with Gasteiger partial charge in [-0.1, -0.05) is 194 Å². The highest BCUT2D eigenvalue weighted by Gasteiger charge is 2.45. The van der Waals surface area contributed by atoms with Crippen molar-refractivity contribution in [1.82, 2.24) is 14.3 Å². The van der Waals surface area contributed by atoms with E-state index in [0.29, 0.717) is 6.42 Å². The largest absolute Gasteiger partial charge is 0.396 e. The highest BCUT2D eigenvalue weighted by atomic mass is 16.3. The van der Waals surface area contributed by atoms with Crippen molar-refractivity contribution in [3.63, 3.8) is 0 Å². The Labute approximate surface area is 333 Å². The number of hydrogen-bond acceptors (Lipinski definition) is 3. The van der Waals surface area contributed by atoms with Crippen molar-refractivity contribution < 1.29 is 5.11 Å². The van der Waals surface area contributed by atoms with E-state index in [9.17, 15) is 5.11 Å². The molecule has 2 aromatic heterocycles. The first kappa shape index (κ1) is 34.5. The maximum Gasteiger partial charge on any atom is 0.177 e. The maximum absolute atomic E-state index is 10.6. The second-order valence-electron chi connectivity index (χ2n) is 14.8. The Morgan fingerprint density at radius 3 is 1.32 bits per heavy atom. The van der Waals surface area contributed by atoms with Gasteiger partial charge in [0.25, 0.3) is 0 Å². The molecule has 11 rings (SSSR count). The van der Waals surface area contributed by atoms with Gasteiger partial charge in [0.2, 0.25) is 0 Å². The van der Waals surface area contributed by atoms with Crippen LogP contribution in [0.15, 0.2) is 212 Å². The molecule has 2 bridgehead atoms. The molecule has 57 heavy (non-hydrogen) atoms. The van der Waals surface area contributed by atoms with Gasteiger partial charge in [0, 0.05) is 12.5 Å². The number of nitrogens with zero attached hydrogens (tertiary/aromatic N) is 3.